The number of anilines is 1. The maximum atomic E-state index is 13.5. The highest BCUT2D eigenvalue weighted by atomic mass is 35.5. The molecule has 1 aliphatic rings. The number of likely N-dealkylation sites (tertiary alicyclic amines) is 1. The van der Waals surface area contributed by atoms with E-state index in [-0.39, 0.29) is 17.9 Å². The second-order valence-corrected chi connectivity index (χ2v) is 11.2. The van der Waals surface area contributed by atoms with Gasteiger partial charge in [-0.3, -0.25) is 4.79 Å². The molecule has 1 aromatic heterocycles. The van der Waals surface area contributed by atoms with Crippen LogP contribution in [0.1, 0.15) is 72.3 Å². The highest BCUT2D eigenvalue weighted by molar-refractivity contribution is 6.31. The first-order chi connectivity index (χ1) is 17.4. The fraction of sp³-hybridized carbons (Fsp3) is 0.414. The number of ether oxygens (including phenoxy) is 1. The van der Waals surface area contributed by atoms with Crippen LogP contribution in [0.4, 0.5) is 10.5 Å². The second-order valence-electron chi connectivity index (χ2n) is 10.8. The Labute approximate surface area is 223 Å². The van der Waals surface area contributed by atoms with Crippen LogP contribution in [0.5, 0.6) is 0 Å². The van der Waals surface area contributed by atoms with Crippen LogP contribution >= 0.6 is 11.6 Å². The van der Waals surface area contributed by atoms with E-state index in [9.17, 15) is 9.59 Å². The molecule has 2 amide bonds. The van der Waals surface area contributed by atoms with E-state index >= 15 is 0 Å². The zero-order valence-corrected chi connectivity index (χ0v) is 23.1. The summed E-state index contributed by atoms with van der Waals surface area (Å²) in [5.74, 6) is -0.179. The molecule has 4 rings (SSSR count). The van der Waals surface area contributed by atoms with Crippen LogP contribution in [0.2, 0.25) is 5.02 Å². The lowest BCUT2D eigenvalue weighted by Gasteiger charge is -2.34. The topological polar surface area (TPSA) is 76.5 Å². The number of benzene rings is 2. The van der Waals surface area contributed by atoms with Gasteiger partial charge in [-0.05, 0) is 83.7 Å². The lowest BCUT2D eigenvalue weighted by Crippen LogP contribution is -2.41. The van der Waals surface area contributed by atoms with E-state index in [1.165, 1.54) is 0 Å². The molecule has 0 aliphatic carbocycles. The van der Waals surface area contributed by atoms with Gasteiger partial charge in [-0.1, -0.05) is 35.4 Å². The van der Waals surface area contributed by atoms with Crippen molar-refractivity contribution in [1.82, 2.24) is 14.7 Å². The van der Waals surface area contributed by atoms with Crippen molar-refractivity contribution in [2.24, 2.45) is 0 Å². The lowest BCUT2D eigenvalue weighted by atomic mass is 9.90. The molecule has 8 heteroatoms. The van der Waals surface area contributed by atoms with Crippen molar-refractivity contribution in [3.63, 3.8) is 0 Å². The first-order valence-corrected chi connectivity index (χ1v) is 13.0. The van der Waals surface area contributed by atoms with Gasteiger partial charge >= 0.3 is 6.09 Å². The minimum atomic E-state index is -0.545. The number of carbonyl (C=O) groups is 2. The Kier molecular flexibility index (Phi) is 7.64. The Hall–Kier alpha value is -3.32. The third kappa shape index (κ3) is 6.16. The van der Waals surface area contributed by atoms with E-state index in [0.717, 1.165) is 33.8 Å². The monoisotopic (exact) mass is 522 g/mol. The molecule has 1 aliphatic heterocycles. The van der Waals surface area contributed by atoms with Crippen LogP contribution in [0.25, 0.3) is 5.69 Å². The Morgan fingerprint density at radius 3 is 2.35 bits per heavy atom. The van der Waals surface area contributed by atoms with Crippen molar-refractivity contribution in [3.8, 4) is 5.69 Å². The molecule has 0 saturated carbocycles. The number of nitrogens with one attached hydrogen (secondary N) is 1. The lowest BCUT2D eigenvalue weighted by molar-refractivity contribution is 0.0203. The van der Waals surface area contributed by atoms with Crippen molar-refractivity contribution in [1.29, 1.82) is 0 Å². The summed E-state index contributed by atoms with van der Waals surface area (Å²) >= 11 is 6.44. The summed E-state index contributed by atoms with van der Waals surface area (Å²) in [6.07, 6.45) is 2.70. The molecule has 0 spiro atoms. The van der Waals surface area contributed by atoms with Gasteiger partial charge in [0.15, 0.2) is 0 Å². The molecule has 7 nitrogen and oxygen atoms in total. The van der Waals surface area contributed by atoms with Crippen molar-refractivity contribution in [3.05, 3.63) is 75.6 Å². The van der Waals surface area contributed by atoms with Crippen LogP contribution in [0, 0.1) is 20.8 Å². The number of hydrogen-bond donors (Lipinski definition) is 1. The van der Waals surface area contributed by atoms with Crippen LogP contribution in [-0.2, 0) is 4.74 Å². The summed E-state index contributed by atoms with van der Waals surface area (Å²) < 4.78 is 7.37. The zero-order valence-electron chi connectivity index (χ0n) is 22.4. The first-order valence-electron chi connectivity index (χ1n) is 12.6. The van der Waals surface area contributed by atoms with Gasteiger partial charge in [0.05, 0.1) is 23.1 Å². The first kappa shape index (κ1) is 26.7. The Morgan fingerprint density at radius 1 is 1.03 bits per heavy atom. The number of amides is 2. The zero-order chi connectivity index (χ0) is 26.9. The largest absolute Gasteiger partial charge is 0.444 e. The van der Waals surface area contributed by atoms with Crippen LogP contribution in [-0.4, -0.2) is 45.4 Å². The van der Waals surface area contributed by atoms with Crippen LogP contribution in [0.15, 0.2) is 42.6 Å². The number of halogens is 1. The third-order valence-electron chi connectivity index (χ3n) is 6.61. The minimum Gasteiger partial charge on any atom is -0.444 e. The van der Waals surface area contributed by atoms with Gasteiger partial charge in [0.1, 0.15) is 5.60 Å². The molecule has 1 N–H and O–H groups in total. The molecule has 37 heavy (non-hydrogen) atoms. The molecule has 2 aromatic carbocycles. The smallest absolute Gasteiger partial charge is 0.410 e. The molecule has 2 heterocycles. The predicted molar refractivity (Wildman–Crippen MR) is 147 cm³/mol. The Bertz CT molecular complexity index is 1320. The van der Waals surface area contributed by atoms with E-state index < -0.39 is 5.60 Å². The fourth-order valence-corrected chi connectivity index (χ4v) is 4.83. The number of aryl methyl sites for hydroxylation is 3. The SMILES string of the molecule is Cc1ccc(NC(=O)c2cnn(-c3ccc(C)c(Cl)c3)c2C2CCN(C(=O)OC(C)(C)C)CC2)c(C)c1. The maximum absolute atomic E-state index is 13.5. The molecule has 0 radical (unpaired) electrons. The van der Waals surface area contributed by atoms with Gasteiger partial charge < -0.3 is 15.0 Å². The summed E-state index contributed by atoms with van der Waals surface area (Å²) in [4.78, 5) is 27.9. The summed E-state index contributed by atoms with van der Waals surface area (Å²) in [5.41, 5.74) is 5.47. The average Bonchev–Trinajstić information content (AvgIpc) is 3.27. The minimum absolute atomic E-state index is 0.0288. The number of aromatic nitrogens is 2. The van der Waals surface area contributed by atoms with E-state index in [1.807, 2.05) is 82.6 Å². The van der Waals surface area contributed by atoms with Gasteiger partial charge in [0.25, 0.3) is 5.91 Å². The predicted octanol–water partition coefficient (Wildman–Crippen LogP) is 6.82. The van der Waals surface area contributed by atoms with Gasteiger partial charge in [0.2, 0.25) is 0 Å². The van der Waals surface area contributed by atoms with Gasteiger partial charge in [-0.15, -0.1) is 0 Å². The summed E-state index contributed by atoms with van der Waals surface area (Å²) in [6, 6.07) is 11.7. The molecule has 0 unspecified atom stereocenters. The van der Waals surface area contributed by atoms with E-state index in [4.69, 9.17) is 16.3 Å². The molecule has 0 bridgehead atoms. The quantitative estimate of drug-likeness (QED) is 0.408. The van der Waals surface area contributed by atoms with Crippen LogP contribution in [0.3, 0.4) is 0 Å². The van der Waals surface area contributed by atoms with E-state index in [2.05, 4.69) is 10.4 Å². The van der Waals surface area contributed by atoms with Crippen molar-refractivity contribution in [2.75, 3.05) is 18.4 Å². The number of rotatable bonds is 4. The van der Waals surface area contributed by atoms with Crippen molar-refractivity contribution < 1.29 is 14.3 Å². The number of piperidine rings is 1. The average molecular weight is 523 g/mol. The summed E-state index contributed by atoms with van der Waals surface area (Å²) in [5, 5.41) is 8.33. The van der Waals surface area contributed by atoms with Crippen molar-refractivity contribution in [2.45, 2.75) is 65.9 Å². The Morgan fingerprint density at radius 2 is 1.73 bits per heavy atom. The molecular weight excluding hydrogens is 488 g/mol. The molecule has 196 valence electrons. The second kappa shape index (κ2) is 10.6. The van der Waals surface area contributed by atoms with Gasteiger partial charge in [-0.25, -0.2) is 9.48 Å². The number of hydrogen-bond acceptors (Lipinski definition) is 4. The Balaban J connectivity index is 1.65. The normalized spacial score (nSPS) is 14.5. The molecular formula is C29H35ClN4O3. The number of nitrogens with zero attached hydrogens (tertiary/aromatic N) is 3. The summed E-state index contributed by atoms with van der Waals surface area (Å²) in [7, 11) is 0. The van der Waals surface area contributed by atoms with Crippen LogP contribution < -0.4 is 5.32 Å². The highest BCUT2D eigenvalue weighted by Gasteiger charge is 2.32. The third-order valence-corrected chi connectivity index (χ3v) is 7.02. The number of carbonyl (C=O) groups excluding carboxylic acids is 2. The highest BCUT2D eigenvalue weighted by Crippen LogP contribution is 2.34. The van der Waals surface area contributed by atoms with E-state index in [1.54, 1.807) is 11.1 Å². The fourth-order valence-electron chi connectivity index (χ4n) is 4.65. The molecule has 1 fully saturated rings. The molecule has 3 aromatic rings. The van der Waals surface area contributed by atoms with Gasteiger partial charge in [-0.2, -0.15) is 5.10 Å². The van der Waals surface area contributed by atoms with E-state index in [0.29, 0.717) is 36.5 Å². The molecule has 0 atom stereocenters. The van der Waals surface area contributed by atoms with Gasteiger partial charge in [0, 0.05) is 29.7 Å². The van der Waals surface area contributed by atoms with Crippen molar-refractivity contribution >= 4 is 29.3 Å². The molecule has 1 saturated heterocycles. The maximum Gasteiger partial charge on any atom is 0.410 e. The standard InChI is InChI=1S/C29H35ClN4O3/c1-18-7-10-25(20(3)15-18)32-27(35)23-17-31-34(22-9-8-19(2)24(30)16-22)26(23)21-11-13-33(14-12-21)28(36)37-29(4,5)6/h7-10,15-17,21H,11-14H2,1-6H3,(H,32,35). The summed E-state index contributed by atoms with van der Waals surface area (Å²) in [6.45, 7) is 12.6.